The Bertz CT molecular complexity index is 585. The highest BCUT2D eigenvalue weighted by Gasteiger charge is 2.50. The molecule has 0 saturated heterocycles. The normalized spacial score (nSPS) is 27.1. The van der Waals surface area contributed by atoms with Gasteiger partial charge in [0.15, 0.2) is 5.83 Å². The highest BCUT2D eigenvalue weighted by atomic mass is 35.5. The van der Waals surface area contributed by atoms with Crippen LogP contribution in [0.2, 0.25) is 0 Å². The van der Waals surface area contributed by atoms with Gasteiger partial charge in [0.05, 0.1) is 10.7 Å². The summed E-state index contributed by atoms with van der Waals surface area (Å²) in [6, 6.07) is 7.93. The first-order valence-electron chi connectivity index (χ1n) is 5.42. The van der Waals surface area contributed by atoms with Crippen LogP contribution in [0, 0.1) is 0 Å². The van der Waals surface area contributed by atoms with Crippen molar-refractivity contribution in [3.8, 4) is 0 Å². The van der Waals surface area contributed by atoms with Crippen molar-refractivity contribution < 1.29 is 19.4 Å². The molecule has 0 aliphatic heterocycles. The van der Waals surface area contributed by atoms with E-state index in [1.54, 1.807) is 18.2 Å². The van der Waals surface area contributed by atoms with E-state index in [9.17, 15) is 19.4 Å². The van der Waals surface area contributed by atoms with Crippen molar-refractivity contribution in [3.63, 3.8) is 0 Å². The maximum atomic E-state index is 13.5. The lowest BCUT2D eigenvalue weighted by Crippen LogP contribution is -2.49. The van der Waals surface area contributed by atoms with Gasteiger partial charge in [0.1, 0.15) is 11.5 Å². The number of allylic oxidation sites excluding steroid dienone is 2. The van der Waals surface area contributed by atoms with Crippen LogP contribution in [0.1, 0.15) is 5.56 Å². The molecule has 1 aromatic carbocycles. The number of hydrogen-bond donors (Lipinski definition) is 3. The van der Waals surface area contributed by atoms with Gasteiger partial charge in [0.2, 0.25) is 0 Å². The first-order valence-corrected chi connectivity index (χ1v) is 5.80. The van der Waals surface area contributed by atoms with Crippen molar-refractivity contribution >= 4 is 17.6 Å². The third-order valence-electron chi connectivity index (χ3n) is 3.15. The average molecular weight is 284 g/mol. The van der Waals surface area contributed by atoms with Crippen LogP contribution >= 0.6 is 11.6 Å². The monoisotopic (exact) mass is 283 g/mol. The van der Waals surface area contributed by atoms with Gasteiger partial charge in [-0.15, -0.1) is 0 Å². The highest BCUT2D eigenvalue weighted by Crippen LogP contribution is 2.41. The van der Waals surface area contributed by atoms with E-state index in [0.717, 1.165) is 6.08 Å². The molecular weight excluding hydrogens is 273 g/mol. The van der Waals surface area contributed by atoms with Crippen LogP contribution in [0.15, 0.2) is 53.0 Å². The van der Waals surface area contributed by atoms with Gasteiger partial charge in [-0.2, -0.15) is 0 Å². The number of rotatable bonds is 2. The maximum Gasteiger partial charge on any atom is 0.321 e. The number of aliphatic hydroxyl groups is 1. The highest BCUT2D eigenvalue weighted by molar-refractivity contribution is 6.32. The summed E-state index contributed by atoms with van der Waals surface area (Å²) in [5, 5.41) is 19.1. The smallest absolute Gasteiger partial charge is 0.321 e. The van der Waals surface area contributed by atoms with Crippen LogP contribution in [0.5, 0.6) is 0 Å². The van der Waals surface area contributed by atoms with E-state index in [2.05, 4.69) is 0 Å². The number of carboxylic acids is 1. The first-order chi connectivity index (χ1) is 8.91. The Morgan fingerprint density at radius 2 is 1.95 bits per heavy atom. The fourth-order valence-corrected chi connectivity index (χ4v) is 2.38. The molecule has 19 heavy (non-hydrogen) atoms. The maximum absolute atomic E-state index is 13.5. The van der Waals surface area contributed by atoms with Gasteiger partial charge >= 0.3 is 5.97 Å². The van der Waals surface area contributed by atoms with Gasteiger partial charge in [-0.1, -0.05) is 41.9 Å². The molecule has 0 bridgehead atoms. The van der Waals surface area contributed by atoms with Crippen molar-refractivity contribution in [1.82, 2.24) is 0 Å². The van der Waals surface area contributed by atoms with E-state index >= 15 is 0 Å². The number of carbonyl (C=O) groups is 1. The van der Waals surface area contributed by atoms with Gasteiger partial charge in [-0.3, -0.25) is 4.79 Å². The molecular formula is C13H11ClFNO3. The van der Waals surface area contributed by atoms with Crippen molar-refractivity contribution in [2.24, 2.45) is 5.73 Å². The van der Waals surface area contributed by atoms with E-state index in [4.69, 9.17) is 17.3 Å². The van der Waals surface area contributed by atoms with Crippen LogP contribution in [0.25, 0.3) is 0 Å². The molecule has 1 aliphatic carbocycles. The molecule has 4 nitrogen and oxygen atoms in total. The predicted octanol–water partition coefficient (Wildman–Crippen LogP) is 1.65. The van der Waals surface area contributed by atoms with E-state index < -0.39 is 34.0 Å². The zero-order valence-corrected chi connectivity index (χ0v) is 10.4. The van der Waals surface area contributed by atoms with Gasteiger partial charge in [0.25, 0.3) is 0 Å². The summed E-state index contributed by atoms with van der Waals surface area (Å²) in [6.45, 7) is 0. The summed E-state index contributed by atoms with van der Waals surface area (Å²) in [5.74, 6) is -2.36. The molecule has 0 heterocycles. The summed E-state index contributed by atoms with van der Waals surface area (Å²) >= 11 is 5.68. The molecule has 2 unspecified atom stereocenters. The topological polar surface area (TPSA) is 83.6 Å². The molecule has 0 saturated carbocycles. The van der Waals surface area contributed by atoms with Gasteiger partial charge < -0.3 is 15.9 Å². The van der Waals surface area contributed by atoms with E-state index in [1.165, 1.54) is 12.1 Å². The van der Waals surface area contributed by atoms with Crippen molar-refractivity contribution in [2.45, 2.75) is 11.5 Å². The minimum Gasteiger partial charge on any atom is -0.480 e. The van der Waals surface area contributed by atoms with Crippen LogP contribution < -0.4 is 5.73 Å². The van der Waals surface area contributed by atoms with Crippen molar-refractivity contribution in [2.75, 3.05) is 0 Å². The number of hydrogen-bond acceptors (Lipinski definition) is 3. The molecule has 0 aromatic heterocycles. The Balaban J connectivity index is 2.70. The molecule has 0 fully saturated rings. The Morgan fingerprint density at radius 3 is 2.47 bits per heavy atom. The second-order valence-corrected chi connectivity index (χ2v) is 4.61. The van der Waals surface area contributed by atoms with Crippen LogP contribution in [-0.4, -0.2) is 22.3 Å². The van der Waals surface area contributed by atoms with Crippen LogP contribution in [0.4, 0.5) is 4.39 Å². The Hall–Kier alpha value is -1.85. The summed E-state index contributed by atoms with van der Waals surface area (Å²) in [4.78, 5) is 11.6. The molecule has 2 atom stereocenters. The van der Waals surface area contributed by atoms with E-state index in [0.29, 0.717) is 0 Å². The molecule has 0 radical (unpaired) electrons. The molecule has 0 amide bonds. The summed E-state index contributed by atoms with van der Waals surface area (Å²) in [5.41, 5.74) is 3.22. The summed E-state index contributed by atoms with van der Waals surface area (Å²) in [7, 11) is 0. The van der Waals surface area contributed by atoms with Gasteiger partial charge in [0, 0.05) is 0 Å². The lowest BCUT2D eigenvalue weighted by Gasteiger charge is -2.35. The Labute approximate surface area is 113 Å². The zero-order valence-electron chi connectivity index (χ0n) is 9.68. The van der Waals surface area contributed by atoms with Crippen molar-refractivity contribution in [3.05, 3.63) is 58.5 Å². The number of carboxylic acid groups (broad SMARTS) is 1. The SMILES string of the molecule is NC1=C(F)C(Cl)=CC(C(=O)O)(c2ccccc2)C1O. The number of aliphatic hydroxyl groups excluding tert-OH is 1. The lowest BCUT2D eigenvalue weighted by molar-refractivity contribution is -0.145. The predicted molar refractivity (Wildman–Crippen MR) is 68.0 cm³/mol. The van der Waals surface area contributed by atoms with Crippen molar-refractivity contribution in [1.29, 1.82) is 0 Å². The number of nitrogens with two attached hydrogens (primary N) is 1. The fraction of sp³-hybridized carbons (Fsp3) is 0.154. The third kappa shape index (κ3) is 1.91. The van der Waals surface area contributed by atoms with Crippen LogP contribution in [-0.2, 0) is 10.2 Å². The minimum absolute atomic E-state index is 0.267. The first kappa shape index (κ1) is 13.6. The van der Waals surface area contributed by atoms with Gasteiger partial charge in [-0.05, 0) is 11.6 Å². The molecule has 1 aromatic rings. The second-order valence-electron chi connectivity index (χ2n) is 4.20. The number of aliphatic carboxylic acids is 1. The standard InChI is InChI=1S/C13H11ClFNO3/c14-8-6-13(12(18)19,7-4-2-1-3-5-7)11(17)10(16)9(8)15/h1-6,11,17H,16H2,(H,18,19). The molecule has 4 N–H and O–H groups in total. The fourth-order valence-electron chi connectivity index (χ4n) is 2.10. The second kappa shape index (κ2) is 4.68. The summed E-state index contributed by atoms with van der Waals surface area (Å²) in [6.07, 6.45) is -0.752. The molecule has 100 valence electrons. The molecule has 6 heteroatoms. The summed E-state index contributed by atoms with van der Waals surface area (Å²) < 4.78 is 13.5. The number of halogens is 2. The molecule has 2 rings (SSSR count). The Kier molecular flexibility index (Phi) is 3.34. The van der Waals surface area contributed by atoms with E-state index in [-0.39, 0.29) is 5.56 Å². The van der Waals surface area contributed by atoms with E-state index in [1.807, 2.05) is 0 Å². The Morgan fingerprint density at radius 1 is 1.37 bits per heavy atom. The minimum atomic E-state index is -1.89. The van der Waals surface area contributed by atoms with Crippen LogP contribution in [0.3, 0.4) is 0 Å². The average Bonchev–Trinajstić information content (AvgIpc) is 2.41. The van der Waals surface area contributed by atoms with Gasteiger partial charge in [-0.25, -0.2) is 4.39 Å². The number of benzene rings is 1. The quantitative estimate of drug-likeness (QED) is 0.770. The third-order valence-corrected chi connectivity index (χ3v) is 3.42. The largest absolute Gasteiger partial charge is 0.480 e. The lowest BCUT2D eigenvalue weighted by atomic mass is 9.72. The molecule has 0 spiro atoms. The molecule has 1 aliphatic rings. The zero-order chi connectivity index (χ0) is 14.2.